The van der Waals surface area contributed by atoms with E-state index in [0.29, 0.717) is 6.54 Å². The molecule has 1 unspecified atom stereocenters. The Bertz CT molecular complexity index is 474. The van der Waals surface area contributed by atoms with Crippen molar-refractivity contribution in [2.75, 3.05) is 6.54 Å². The Morgan fingerprint density at radius 2 is 2.05 bits per heavy atom. The maximum atomic E-state index is 11.6. The fourth-order valence-corrected chi connectivity index (χ4v) is 1.75. The largest absolute Gasteiger partial charge is 0.481 e. The smallest absolute Gasteiger partial charge is 0.315 e. The Morgan fingerprint density at radius 3 is 2.60 bits per heavy atom. The summed E-state index contributed by atoms with van der Waals surface area (Å²) >= 11 is 0. The van der Waals surface area contributed by atoms with Gasteiger partial charge in [0.2, 0.25) is 0 Å². The molecule has 1 rings (SSSR count). The number of aliphatic carboxylic acids is 1. The molecule has 1 aromatic heterocycles. The molecule has 3 N–H and O–H groups in total. The van der Waals surface area contributed by atoms with E-state index < -0.39 is 11.9 Å². The van der Waals surface area contributed by atoms with Gasteiger partial charge in [0, 0.05) is 25.5 Å². The monoisotopic (exact) mass is 279 g/mol. The van der Waals surface area contributed by atoms with Gasteiger partial charge in [-0.05, 0) is 30.0 Å². The predicted octanol–water partition coefficient (Wildman–Crippen LogP) is 1.55. The van der Waals surface area contributed by atoms with Crippen LogP contribution in [0, 0.1) is 18.8 Å². The van der Waals surface area contributed by atoms with Gasteiger partial charge < -0.3 is 15.7 Å². The lowest BCUT2D eigenvalue weighted by atomic mass is 9.96. The summed E-state index contributed by atoms with van der Waals surface area (Å²) in [6, 6.07) is 1.47. The number of carbonyl (C=O) groups excluding carboxylic acids is 1. The van der Waals surface area contributed by atoms with Crippen molar-refractivity contribution < 1.29 is 14.7 Å². The van der Waals surface area contributed by atoms with Gasteiger partial charge in [-0.3, -0.25) is 9.78 Å². The Labute approximate surface area is 118 Å². The van der Waals surface area contributed by atoms with Crippen LogP contribution in [0.1, 0.15) is 25.0 Å². The number of carbonyl (C=O) groups is 2. The van der Waals surface area contributed by atoms with Crippen LogP contribution in [0.4, 0.5) is 4.79 Å². The van der Waals surface area contributed by atoms with E-state index in [2.05, 4.69) is 15.6 Å². The fourth-order valence-electron chi connectivity index (χ4n) is 1.75. The van der Waals surface area contributed by atoms with Crippen LogP contribution in [0.25, 0.3) is 0 Å². The number of rotatable bonds is 6. The summed E-state index contributed by atoms with van der Waals surface area (Å²) in [5.74, 6) is -1.51. The molecule has 1 atom stereocenters. The molecule has 110 valence electrons. The average Bonchev–Trinajstić information content (AvgIpc) is 2.37. The molecule has 1 heterocycles. The second-order valence-corrected chi connectivity index (χ2v) is 5.05. The first-order valence-electron chi connectivity index (χ1n) is 6.55. The summed E-state index contributed by atoms with van der Waals surface area (Å²) in [6.45, 7) is 6.06. The number of pyridine rings is 1. The van der Waals surface area contributed by atoms with E-state index in [9.17, 15) is 9.59 Å². The van der Waals surface area contributed by atoms with Gasteiger partial charge in [-0.1, -0.05) is 13.8 Å². The number of carboxylic acids is 1. The molecular formula is C14H21N3O3. The number of carboxylic acid groups (broad SMARTS) is 1. The van der Waals surface area contributed by atoms with E-state index >= 15 is 0 Å². The van der Waals surface area contributed by atoms with E-state index in [-0.39, 0.29) is 18.5 Å². The van der Waals surface area contributed by atoms with Gasteiger partial charge in [0.1, 0.15) is 0 Å². The molecule has 0 spiro atoms. The second-order valence-electron chi connectivity index (χ2n) is 5.05. The fraction of sp³-hybridized carbons (Fsp3) is 0.500. The summed E-state index contributed by atoms with van der Waals surface area (Å²) in [7, 11) is 0. The van der Waals surface area contributed by atoms with E-state index in [1.54, 1.807) is 12.4 Å². The van der Waals surface area contributed by atoms with Gasteiger partial charge in [0.05, 0.1) is 5.92 Å². The lowest BCUT2D eigenvalue weighted by Crippen LogP contribution is -2.41. The third kappa shape index (κ3) is 4.87. The van der Waals surface area contributed by atoms with Gasteiger partial charge >= 0.3 is 12.0 Å². The Kier molecular flexibility index (Phi) is 5.96. The van der Waals surface area contributed by atoms with Crippen molar-refractivity contribution in [2.24, 2.45) is 11.8 Å². The number of hydrogen-bond donors (Lipinski definition) is 3. The lowest BCUT2D eigenvalue weighted by molar-refractivity contribution is -0.142. The van der Waals surface area contributed by atoms with Gasteiger partial charge in [-0.25, -0.2) is 4.79 Å². The maximum Gasteiger partial charge on any atom is 0.315 e. The Morgan fingerprint density at radius 1 is 1.35 bits per heavy atom. The molecule has 0 saturated carbocycles. The maximum absolute atomic E-state index is 11.6. The van der Waals surface area contributed by atoms with Crippen LogP contribution < -0.4 is 10.6 Å². The number of nitrogens with zero attached hydrogens (tertiary/aromatic N) is 1. The van der Waals surface area contributed by atoms with Gasteiger partial charge in [0.15, 0.2) is 0 Å². The van der Waals surface area contributed by atoms with Crippen LogP contribution in [0.3, 0.4) is 0 Å². The van der Waals surface area contributed by atoms with E-state index in [1.807, 2.05) is 26.8 Å². The third-order valence-corrected chi connectivity index (χ3v) is 3.18. The highest BCUT2D eigenvalue weighted by molar-refractivity contribution is 5.75. The van der Waals surface area contributed by atoms with Crippen LogP contribution in [0.5, 0.6) is 0 Å². The predicted molar refractivity (Wildman–Crippen MR) is 75.2 cm³/mol. The normalized spacial score (nSPS) is 12.0. The Balaban J connectivity index is 2.41. The van der Waals surface area contributed by atoms with Crippen molar-refractivity contribution >= 4 is 12.0 Å². The molecule has 0 saturated heterocycles. The SMILES string of the molecule is Cc1cnccc1CNC(=O)NCC(C(=O)O)C(C)C. The summed E-state index contributed by atoms with van der Waals surface area (Å²) in [4.78, 5) is 26.6. The van der Waals surface area contributed by atoms with Gasteiger partial charge in [0.25, 0.3) is 0 Å². The quantitative estimate of drug-likeness (QED) is 0.736. The minimum absolute atomic E-state index is 0.0322. The highest BCUT2D eigenvalue weighted by Crippen LogP contribution is 2.09. The molecule has 20 heavy (non-hydrogen) atoms. The van der Waals surface area contributed by atoms with Crippen LogP contribution in [0.2, 0.25) is 0 Å². The summed E-state index contributed by atoms with van der Waals surface area (Å²) in [5.41, 5.74) is 1.98. The zero-order valence-corrected chi connectivity index (χ0v) is 12.0. The minimum atomic E-state index is -0.898. The molecule has 0 aliphatic carbocycles. The number of amides is 2. The molecule has 2 amide bonds. The van der Waals surface area contributed by atoms with Crippen molar-refractivity contribution in [3.05, 3.63) is 29.6 Å². The molecule has 0 radical (unpaired) electrons. The van der Waals surface area contributed by atoms with Crippen LogP contribution in [0.15, 0.2) is 18.5 Å². The number of nitrogens with one attached hydrogen (secondary N) is 2. The highest BCUT2D eigenvalue weighted by Gasteiger charge is 2.21. The zero-order valence-electron chi connectivity index (χ0n) is 12.0. The number of hydrogen-bond acceptors (Lipinski definition) is 3. The van der Waals surface area contributed by atoms with E-state index in [1.165, 1.54) is 0 Å². The molecule has 0 aliphatic heterocycles. The van der Waals surface area contributed by atoms with Crippen LogP contribution in [-0.2, 0) is 11.3 Å². The molecule has 1 aromatic rings. The standard InChI is InChI=1S/C14H21N3O3/c1-9(2)12(13(18)19)8-17-14(20)16-7-11-4-5-15-6-10(11)3/h4-6,9,12H,7-8H2,1-3H3,(H,18,19)(H2,16,17,20). The van der Waals surface area contributed by atoms with Crippen molar-refractivity contribution in [1.29, 1.82) is 0 Å². The van der Waals surface area contributed by atoms with Crippen LogP contribution in [-0.4, -0.2) is 28.6 Å². The second kappa shape index (κ2) is 7.47. The Hall–Kier alpha value is -2.11. The summed E-state index contributed by atoms with van der Waals surface area (Å²) < 4.78 is 0. The molecular weight excluding hydrogens is 258 g/mol. The average molecular weight is 279 g/mol. The molecule has 6 heteroatoms. The van der Waals surface area contributed by atoms with Crippen molar-refractivity contribution in [1.82, 2.24) is 15.6 Å². The van der Waals surface area contributed by atoms with E-state index in [4.69, 9.17) is 5.11 Å². The first-order valence-corrected chi connectivity index (χ1v) is 6.55. The van der Waals surface area contributed by atoms with Crippen molar-refractivity contribution in [3.63, 3.8) is 0 Å². The molecule has 0 fully saturated rings. The van der Waals surface area contributed by atoms with Crippen molar-refractivity contribution in [3.8, 4) is 0 Å². The third-order valence-electron chi connectivity index (χ3n) is 3.18. The molecule has 0 aromatic carbocycles. The molecule has 0 aliphatic rings. The topological polar surface area (TPSA) is 91.3 Å². The summed E-state index contributed by atoms with van der Waals surface area (Å²) in [6.07, 6.45) is 3.40. The minimum Gasteiger partial charge on any atom is -0.481 e. The number of urea groups is 1. The van der Waals surface area contributed by atoms with Crippen molar-refractivity contribution in [2.45, 2.75) is 27.3 Å². The van der Waals surface area contributed by atoms with Gasteiger partial charge in [-0.15, -0.1) is 0 Å². The summed E-state index contributed by atoms with van der Waals surface area (Å²) in [5, 5.41) is 14.3. The highest BCUT2D eigenvalue weighted by atomic mass is 16.4. The van der Waals surface area contributed by atoms with E-state index in [0.717, 1.165) is 11.1 Å². The molecule has 0 bridgehead atoms. The zero-order chi connectivity index (χ0) is 15.1. The first-order chi connectivity index (χ1) is 9.41. The van der Waals surface area contributed by atoms with Gasteiger partial charge in [-0.2, -0.15) is 0 Å². The number of aromatic nitrogens is 1. The van der Waals surface area contributed by atoms with Crippen LogP contribution >= 0.6 is 0 Å². The molecule has 6 nitrogen and oxygen atoms in total. The lowest BCUT2D eigenvalue weighted by Gasteiger charge is -2.17. The first kappa shape index (κ1) is 15.9. The number of aryl methyl sites for hydroxylation is 1.